The van der Waals surface area contributed by atoms with Gasteiger partial charge in [-0.2, -0.15) is 0 Å². The number of benzene rings is 1. The van der Waals surface area contributed by atoms with Crippen molar-refractivity contribution < 1.29 is 9.53 Å². The number of fused-ring (bicyclic) bond motifs is 1. The summed E-state index contributed by atoms with van der Waals surface area (Å²) < 4.78 is 5.75. The smallest absolute Gasteiger partial charge is 0.253 e. The van der Waals surface area contributed by atoms with Gasteiger partial charge in [-0.25, -0.2) is 4.98 Å². The Labute approximate surface area is 139 Å². The number of hydrogen-bond acceptors (Lipinski definition) is 4. The van der Waals surface area contributed by atoms with Gasteiger partial charge in [-0.15, -0.1) is 11.3 Å². The maximum atomic E-state index is 13.0. The molecule has 3 heterocycles. The van der Waals surface area contributed by atoms with E-state index in [1.165, 1.54) is 0 Å². The lowest BCUT2D eigenvalue weighted by Crippen LogP contribution is -2.40. The molecule has 4 nitrogen and oxygen atoms in total. The molecule has 2 aliphatic rings. The number of carbonyl (C=O) groups excluding carboxylic acids is 1. The average molecular weight is 326 g/mol. The Kier molecular flexibility index (Phi) is 3.87. The highest BCUT2D eigenvalue weighted by Gasteiger charge is 2.32. The fraction of sp³-hybridized carbons (Fsp3) is 0.333. The van der Waals surface area contributed by atoms with Crippen LogP contribution in [0.5, 0.6) is 5.75 Å². The predicted octanol–water partition coefficient (Wildman–Crippen LogP) is 3.67. The van der Waals surface area contributed by atoms with E-state index in [-0.39, 0.29) is 11.9 Å². The van der Waals surface area contributed by atoms with E-state index in [0.29, 0.717) is 6.61 Å². The van der Waals surface area contributed by atoms with Gasteiger partial charge in [-0.3, -0.25) is 4.79 Å². The summed E-state index contributed by atoms with van der Waals surface area (Å²) in [5.74, 6) is 0.929. The monoisotopic (exact) mass is 326 g/mol. The summed E-state index contributed by atoms with van der Waals surface area (Å²) in [6.07, 6.45) is 6.97. The number of thiazole rings is 1. The molecule has 1 aromatic heterocycles. The second kappa shape index (κ2) is 6.16. The maximum absolute atomic E-state index is 13.0. The molecule has 0 spiro atoms. The first kappa shape index (κ1) is 14.5. The minimum atomic E-state index is 0.0828. The lowest BCUT2D eigenvalue weighted by Gasteiger charge is -2.35. The first-order valence-electron chi connectivity index (χ1n) is 7.96. The van der Waals surface area contributed by atoms with Crippen molar-refractivity contribution in [3.05, 3.63) is 52.0 Å². The topological polar surface area (TPSA) is 42.4 Å². The fourth-order valence-corrected chi connectivity index (χ4v) is 4.04. The van der Waals surface area contributed by atoms with Crippen LogP contribution in [0.15, 0.2) is 41.4 Å². The number of ether oxygens (including phenoxy) is 1. The highest BCUT2D eigenvalue weighted by molar-refractivity contribution is 7.09. The number of aromatic nitrogens is 1. The number of carbonyl (C=O) groups is 1. The minimum absolute atomic E-state index is 0.0828. The van der Waals surface area contributed by atoms with Gasteiger partial charge in [0.25, 0.3) is 5.91 Å². The summed E-state index contributed by atoms with van der Waals surface area (Å²) in [7, 11) is 0. The molecule has 4 rings (SSSR count). The molecule has 2 aliphatic heterocycles. The van der Waals surface area contributed by atoms with Gasteiger partial charge in [-0.05, 0) is 31.4 Å². The van der Waals surface area contributed by atoms with Crippen LogP contribution in [0, 0.1) is 0 Å². The van der Waals surface area contributed by atoms with Gasteiger partial charge in [0.05, 0.1) is 11.6 Å². The summed E-state index contributed by atoms with van der Waals surface area (Å²) >= 11 is 1.63. The van der Waals surface area contributed by atoms with E-state index < -0.39 is 0 Å². The van der Waals surface area contributed by atoms with E-state index in [1.807, 2.05) is 46.8 Å². The van der Waals surface area contributed by atoms with Crippen LogP contribution in [0.25, 0.3) is 6.08 Å². The SMILES string of the molecule is O=C(C1=Cc2ccccc2OC1)N1CCCCC1c1nccs1. The van der Waals surface area contributed by atoms with Crippen molar-refractivity contribution in [3.8, 4) is 5.75 Å². The number of likely N-dealkylation sites (tertiary alicyclic amines) is 1. The fourth-order valence-electron chi connectivity index (χ4n) is 3.25. The second-order valence-electron chi connectivity index (χ2n) is 5.88. The quantitative estimate of drug-likeness (QED) is 0.845. The number of piperidine rings is 1. The normalized spacial score (nSPS) is 20.4. The molecule has 5 heteroatoms. The maximum Gasteiger partial charge on any atom is 0.253 e. The molecule has 1 amide bonds. The molecule has 0 saturated carbocycles. The van der Waals surface area contributed by atoms with Crippen molar-refractivity contribution in [2.24, 2.45) is 0 Å². The summed E-state index contributed by atoms with van der Waals surface area (Å²) in [4.78, 5) is 19.4. The van der Waals surface area contributed by atoms with Crippen LogP contribution in [0.4, 0.5) is 0 Å². The van der Waals surface area contributed by atoms with Gasteiger partial charge in [0.2, 0.25) is 0 Å². The van der Waals surface area contributed by atoms with Crippen molar-refractivity contribution in [2.45, 2.75) is 25.3 Å². The van der Waals surface area contributed by atoms with Crippen LogP contribution in [0.2, 0.25) is 0 Å². The molecule has 0 bridgehead atoms. The minimum Gasteiger partial charge on any atom is -0.488 e. The highest BCUT2D eigenvalue weighted by atomic mass is 32.1. The Morgan fingerprint density at radius 2 is 2.22 bits per heavy atom. The van der Waals surface area contributed by atoms with Gasteiger partial charge in [-0.1, -0.05) is 18.2 Å². The van der Waals surface area contributed by atoms with Crippen LogP contribution in [-0.2, 0) is 4.79 Å². The lowest BCUT2D eigenvalue weighted by atomic mass is 10.00. The molecule has 1 saturated heterocycles. The number of nitrogens with zero attached hydrogens (tertiary/aromatic N) is 2. The largest absolute Gasteiger partial charge is 0.488 e. The molecule has 1 fully saturated rings. The Balaban J connectivity index is 1.62. The molecular weight excluding hydrogens is 308 g/mol. The molecule has 1 aromatic carbocycles. The molecule has 0 radical (unpaired) electrons. The molecule has 1 atom stereocenters. The summed E-state index contributed by atoms with van der Waals surface area (Å²) in [6.45, 7) is 1.14. The zero-order valence-electron chi connectivity index (χ0n) is 12.8. The predicted molar refractivity (Wildman–Crippen MR) is 90.3 cm³/mol. The zero-order valence-corrected chi connectivity index (χ0v) is 13.6. The van der Waals surface area contributed by atoms with Crippen molar-refractivity contribution >= 4 is 23.3 Å². The van der Waals surface area contributed by atoms with Crippen molar-refractivity contribution in [3.63, 3.8) is 0 Å². The third-order valence-corrected chi connectivity index (χ3v) is 5.28. The number of amides is 1. The van der Waals surface area contributed by atoms with Crippen LogP contribution < -0.4 is 4.74 Å². The third-order valence-electron chi connectivity index (χ3n) is 4.41. The molecule has 0 N–H and O–H groups in total. The number of rotatable bonds is 2. The Morgan fingerprint density at radius 1 is 1.30 bits per heavy atom. The Hall–Kier alpha value is -2.14. The van der Waals surface area contributed by atoms with E-state index >= 15 is 0 Å². The van der Waals surface area contributed by atoms with Crippen molar-refractivity contribution in [1.82, 2.24) is 9.88 Å². The van der Waals surface area contributed by atoms with Crippen LogP contribution in [0.1, 0.15) is 35.9 Å². The second-order valence-corrected chi connectivity index (χ2v) is 6.80. The van der Waals surface area contributed by atoms with Crippen LogP contribution >= 0.6 is 11.3 Å². The van der Waals surface area contributed by atoms with Gasteiger partial charge >= 0.3 is 0 Å². The van der Waals surface area contributed by atoms with Gasteiger partial charge in [0, 0.05) is 23.7 Å². The first-order valence-corrected chi connectivity index (χ1v) is 8.83. The molecule has 2 aromatic rings. The first-order chi connectivity index (χ1) is 11.3. The molecule has 23 heavy (non-hydrogen) atoms. The van der Waals surface area contributed by atoms with E-state index in [1.54, 1.807) is 11.3 Å². The number of para-hydroxylation sites is 1. The Morgan fingerprint density at radius 3 is 3.09 bits per heavy atom. The van der Waals surface area contributed by atoms with Crippen molar-refractivity contribution in [2.75, 3.05) is 13.2 Å². The Bertz CT molecular complexity index is 739. The summed E-state index contributed by atoms with van der Waals surface area (Å²) in [5.41, 5.74) is 1.71. The highest BCUT2D eigenvalue weighted by Crippen LogP contribution is 2.34. The molecule has 1 unspecified atom stereocenters. The number of hydrogen-bond donors (Lipinski definition) is 0. The van der Waals surface area contributed by atoms with Gasteiger partial charge in [0.15, 0.2) is 0 Å². The van der Waals surface area contributed by atoms with Gasteiger partial charge < -0.3 is 9.64 Å². The lowest BCUT2D eigenvalue weighted by molar-refractivity contribution is -0.131. The van der Waals surface area contributed by atoms with E-state index in [2.05, 4.69) is 4.98 Å². The van der Waals surface area contributed by atoms with Crippen LogP contribution in [0.3, 0.4) is 0 Å². The molecule has 0 aliphatic carbocycles. The summed E-state index contributed by atoms with van der Waals surface area (Å²) in [5, 5.41) is 3.02. The van der Waals surface area contributed by atoms with E-state index in [0.717, 1.165) is 47.7 Å². The molecular formula is C18H18N2O2S. The zero-order chi connectivity index (χ0) is 15.6. The standard InChI is InChI=1S/C18H18N2O2S/c21-18(14-11-13-5-1-2-7-16(13)22-12-14)20-9-4-3-6-15(20)17-19-8-10-23-17/h1-2,5,7-8,10-11,15H,3-4,6,9,12H2. The van der Waals surface area contributed by atoms with Crippen LogP contribution in [-0.4, -0.2) is 28.9 Å². The third kappa shape index (κ3) is 2.77. The average Bonchev–Trinajstić information content (AvgIpc) is 3.15. The summed E-state index contributed by atoms with van der Waals surface area (Å²) in [6, 6.07) is 7.94. The van der Waals surface area contributed by atoms with E-state index in [9.17, 15) is 4.79 Å². The molecule has 118 valence electrons. The van der Waals surface area contributed by atoms with Gasteiger partial charge in [0.1, 0.15) is 17.4 Å². The van der Waals surface area contributed by atoms with Crippen molar-refractivity contribution in [1.29, 1.82) is 0 Å². The van der Waals surface area contributed by atoms with E-state index in [4.69, 9.17) is 4.74 Å².